The second-order valence-electron chi connectivity index (χ2n) is 8.10. The highest BCUT2D eigenvalue weighted by Gasteiger charge is 2.50. The number of carbonyl (C=O) groups is 1. The van der Waals surface area contributed by atoms with Crippen LogP contribution >= 0.6 is 0 Å². The van der Waals surface area contributed by atoms with Crippen LogP contribution in [0.1, 0.15) is 42.2 Å². The van der Waals surface area contributed by atoms with E-state index < -0.39 is 18.0 Å². The van der Waals surface area contributed by atoms with Crippen molar-refractivity contribution in [2.75, 3.05) is 26.9 Å². The van der Waals surface area contributed by atoms with Gasteiger partial charge in [-0.25, -0.2) is 10.6 Å². The average Bonchev–Trinajstić information content (AvgIpc) is 2.86. The van der Waals surface area contributed by atoms with Gasteiger partial charge in [-0.2, -0.15) is 8.78 Å². The molecule has 2 rings (SSSR count). The molecule has 0 aliphatic carbocycles. The van der Waals surface area contributed by atoms with Gasteiger partial charge in [0.05, 0.1) is 39.2 Å². The van der Waals surface area contributed by atoms with Crippen molar-refractivity contribution in [3.8, 4) is 5.75 Å². The molecule has 4 N–H and O–H groups in total. The average molecular weight is 508 g/mol. The third-order valence-corrected chi connectivity index (χ3v) is 5.35. The van der Waals surface area contributed by atoms with Crippen LogP contribution in [-0.4, -0.2) is 43.8 Å². The smallest absolute Gasteiger partial charge is 0.380 e. The highest BCUT2D eigenvalue weighted by Crippen LogP contribution is 2.37. The Morgan fingerprint density at radius 1 is 1.14 bits per heavy atom. The Labute approximate surface area is 210 Å². The van der Waals surface area contributed by atoms with Crippen molar-refractivity contribution in [2.24, 2.45) is 11.6 Å². The summed E-state index contributed by atoms with van der Waals surface area (Å²) in [6.45, 7) is 5.48. The zero-order chi connectivity index (χ0) is 26.7. The standard InChI is InChI=1S/C26H35F2N3O5/c1-5-31(30)14-22(29)17-36-24(26(27,28)25(32)35-6-2)20-10-7-18(3)21(13-20)16-34-15-19-8-11-23(33-4)12-9-19/h7-14,24H,5-6,15-17,29-30H2,1-4H3/b22-14-. The minimum atomic E-state index is -3.96. The highest BCUT2D eigenvalue weighted by molar-refractivity contribution is 5.78. The van der Waals surface area contributed by atoms with Gasteiger partial charge in [-0.1, -0.05) is 30.3 Å². The molecule has 0 spiro atoms. The first-order valence-corrected chi connectivity index (χ1v) is 11.6. The van der Waals surface area contributed by atoms with Crippen molar-refractivity contribution in [3.63, 3.8) is 0 Å². The van der Waals surface area contributed by atoms with Gasteiger partial charge >= 0.3 is 11.9 Å². The number of esters is 1. The van der Waals surface area contributed by atoms with Gasteiger partial charge in [-0.3, -0.25) is 0 Å². The summed E-state index contributed by atoms with van der Waals surface area (Å²) in [4.78, 5) is 12.1. The van der Waals surface area contributed by atoms with Crippen molar-refractivity contribution in [1.82, 2.24) is 5.01 Å². The van der Waals surface area contributed by atoms with Crippen LogP contribution in [0.2, 0.25) is 0 Å². The first-order chi connectivity index (χ1) is 17.1. The third-order valence-electron chi connectivity index (χ3n) is 5.35. The Hall–Kier alpha value is -3.21. The molecule has 0 saturated heterocycles. The maximum absolute atomic E-state index is 15.2. The van der Waals surface area contributed by atoms with Crippen molar-refractivity contribution < 1.29 is 32.5 Å². The van der Waals surface area contributed by atoms with E-state index in [-0.39, 0.29) is 31.1 Å². The molecule has 0 fully saturated rings. The van der Waals surface area contributed by atoms with Crippen molar-refractivity contribution >= 4 is 5.97 Å². The Morgan fingerprint density at radius 3 is 2.44 bits per heavy atom. The van der Waals surface area contributed by atoms with Crippen molar-refractivity contribution in [3.05, 3.63) is 76.6 Å². The van der Waals surface area contributed by atoms with Gasteiger partial charge in [0.25, 0.3) is 0 Å². The Bertz CT molecular complexity index is 1020. The van der Waals surface area contributed by atoms with E-state index in [1.165, 1.54) is 24.2 Å². The summed E-state index contributed by atoms with van der Waals surface area (Å²) >= 11 is 0. The molecule has 0 radical (unpaired) electrons. The molecule has 1 atom stereocenters. The van der Waals surface area contributed by atoms with Gasteiger partial charge in [0.1, 0.15) is 5.75 Å². The molecule has 8 nitrogen and oxygen atoms in total. The summed E-state index contributed by atoms with van der Waals surface area (Å²) in [5, 5.41) is 1.29. The fraction of sp³-hybridized carbons (Fsp3) is 0.423. The summed E-state index contributed by atoms with van der Waals surface area (Å²) in [6, 6.07) is 12.1. The lowest BCUT2D eigenvalue weighted by atomic mass is 9.98. The summed E-state index contributed by atoms with van der Waals surface area (Å²) in [7, 11) is 1.59. The van der Waals surface area contributed by atoms with Crippen LogP contribution in [0.25, 0.3) is 0 Å². The molecule has 36 heavy (non-hydrogen) atoms. The lowest BCUT2D eigenvalue weighted by Crippen LogP contribution is -2.39. The summed E-state index contributed by atoms with van der Waals surface area (Å²) in [5.74, 6) is 0.785. The molecular formula is C26H35F2N3O5. The monoisotopic (exact) mass is 507 g/mol. The normalized spacial score (nSPS) is 12.8. The van der Waals surface area contributed by atoms with E-state index >= 15 is 8.78 Å². The van der Waals surface area contributed by atoms with Crippen LogP contribution in [0.3, 0.4) is 0 Å². The van der Waals surface area contributed by atoms with Gasteiger partial charge in [-0.15, -0.1) is 0 Å². The molecule has 0 bridgehead atoms. The van der Waals surface area contributed by atoms with E-state index in [0.29, 0.717) is 18.7 Å². The predicted molar refractivity (Wildman–Crippen MR) is 132 cm³/mol. The second-order valence-corrected chi connectivity index (χ2v) is 8.10. The maximum atomic E-state index is 15.2. The van der Waals surface area contributed by atoms with Crippen molar-refractivity contribution in [2.45, 2.75) is 46.0 Å². The van der Waals surface area contributed by atoms with Gasteiger partial charge in [0.15, 0.2) is 6.10 Å². The Kier molecular flexibility index (Phi) is 11.1. The number of nitrogens with two attached hydrogens (primary N) is 2. The van der Waals surface area contributed by atoms with Crippen LogP contribution in [0, 0.1) is 6.92 Å². The van der Waals surface area contributed by atoms with E-state index in [2.05, 4.69) is 4.74 Å². The largest absolute Gasteiger partial charge is 0.497 e. The van der Waals surface area contributed by atoms with Crippen LogP contribution in [-0.2, 0) is 32.2 Å². The number of carbonyl (C=O) groups excluding carboxylic acids is 1. The zero-order valence-electron chi connectivity index (χ0n) is 21.1. The summed E-state index contributed by atoms with van der Waals surface area (Å²) in [5.41, 5.74) is 8.54. The first kappa shape index (κ1) is 29.0. The number of halogens is 2. The number of benzene rings is 2. The molecule has 0 heterocycles. The maximum Gasteiger partial charge on any atom is 0.380 e. The van der Waals surface area contributed by atoms with Crippen LogP contribution in [0.4, 0.5) is 8.78 Å². The third kappa shape index (κ3) is 8.18. The van der Waals surface area contributed by atoms with E-state index in [1.807, 2.05) is 31.2 Å². The molecule has 0 aliphatic rings. The zero-order valence-corrected chi connectivity index (χ0v) is 21.1. The van der Waals surface area contributed by atoms with E-state index in [1.54, 1.807) is 26.2 Å². The molecule has 0 aromatic heterocycles. The van der Waals surface area contributed by atoms with Crippen LogP contribution < -0.4 is 16.3 Å². The molecule has 1 unspecified atom stereocenters. The predicted octanol–water partition coefficient (Wildman–Crippen LogP) is 3.97. The number of hydrogen-bond acceptors (Lipinski definition) is 8. The van der Waals surface area contributed by atoms with Gasteiger partial charge in [0.2, 0.25) is 0 Å². The molecule has 0 aliphatic heterocycles. The molecule has 198 valence electrons. The van der Waals surface area contributed by atoms with E-state index in [9.17, 15) is 4.79 Å². The number of hydrazine groups is 1. The SMILES string of the molecule is CCOC(=O)C(F)(F)C(OC/C(N)=C/N(N)CC)c1ccc(C)c(COCc2ccc(OC)cc2)c1. The summed E-state index contributed by atoms with van der Waals surface area (Å²) in [6.07, 6.45) is -0.551. The number of rotatable bonds is 14. The lowest BCUT2D eigenvalue weighted by Gasteiger charge is -2.26. The van der Waals surface area contributed by atoms with Crippen molar-refractivity contribution in [1.29, 1.82) is 0 Å². The molecular weight excluding hydrogens is 472 g/mol. The molecule has 2 aromatic rings. The fourth-order valence-corrected chi connectivity index (χ4v) is 3.28. The fourth-order valence-electron chi connectivity index (χ4n) is 3.28. The lowest BCUT2D eigenvalue weighted by molar-refractivity contribution is -0.195. The highest BCUT2D eigenvalue weighted by atomic mass is 19.3. The number of hydrogen-bond donors (Lipinski definition) is 2. The van der Waals surface area contributed by atoms with Gasteiger partial charge < -0.3 is 29.7 Å². The topological polar surface area (TPSA) is 109 Å². The second kappa shape index (κ2) is 13.8. The van der Waals surface area contributed by atoms with Gasteiger partial charge in [-0.05, 0) is 55.2 Å². The Morgan fingerprint density at radius 2 is 1.83 bits per heavy atom. The molecule has 2 aromatic carbocycles. The van der Waals surface area contributed by atoms with Crippen LogP contribution in [0.5, 0.6) is 5.75 Å². The Balaban J connectivity index is 2.24. The number of methoxy groups -OCH3 is 1. The van der Waals surface area contributed by atoms with E-state index in [0.717, 1.165) is 16.9 Å². The van der Waals surface area contributed by atoms with E-state index in [4.69, 9.17) is 25.8 Å². The minimum absolute atomic E-state index is 0.0922. The minimum Gasteiger partial charge on any atom is -0.497 e. The number of aryl methyl sites for hydroxylation is 1. The van der Waals surface area contributed by atoms with Crippen LogP contribution in [0.15, 0.2) is 54.4 Å². The molecule has 0 saturated carbocycles. The molecule has 10 heteroatoms. The first-order valence-electron chi connectivity index (χ1n) is 11.6. The number of nitrogens with zero attached hydrogens (tertiary/aromatic N) is 1. The molecule has 0 amide bonds. The number of alkyl halides is 2. The van der Waals surface area contributed by atoms with Gasteiger partial charge in [0, 0.05) is 12.7 Å². The number of ether oxygens (including phenoxy) is 4. The quantitative estimate of drug-likeness (QED) is 0.225. The summed E-state index contributed by atoms with van der Waals surface area (Å²) < 4.78 is 51.4.